The van der Waals surface area contributed by atoms with Gasteiger partial charge in [0.05, 0.1) is 10.9 Å². The molecule has 1 amide bonds. The Balaban J connectivity index is 0.00000225. The van der Waals surface area contributed by atoms with E-state index < -0.39 is 11.2 Å². The predicted molar refractivity (Wildman–Crippen MR) is 123 cm³/mol. The Labute approximate surface area is 187 Å². The summed E-state index contributed by atoms with van der Waals surface area (Å²) in [4.78, 5) is 45.0. The molecule has 4 N–H and O–H groups in total. The van der Waals surface area contributed by atoms with Gasteiger partial charge in [-0.3, -0.25) is 19.1 Å². The second kappa shape index (κ2) is 10.4. The van der Waals surface area contributed by atoms with E-state index >= 15 is 0 Å². The van der Waals surface area contributed by atoms with Crippen LogP contribution in [0.1, 0.15) is 62.5 Å². The minimum absolute atomic E-state index is 0. The van der Waals surface area contributed by atoms with Crippen molar-refractivity contribution in [1.82, 2.24) is 19.9 Å². The van der Waals surface area contributed by atoms with E-state index in [4.69, 9.17) is 5.73 Å². The third-order valence-corrected chi connectivity index (χ3v) is 5.11. The van der Waals surface area contributed by atoms with Crippen LogP contribution in [0.3, 0.4) is 0 Å². The van der Waals surface area contributed by atoms with Gasteiger partial charge in [-0.1, -0.05) is 27.7 Å². The highest BCUT2D eigenvalue weighted by Gasteiger charge is 2.32. The summed E-state index contributed by atoms with van der Waals surface area (Å²) in [5, 5.41) is 3.12. The van der Waals surface area contributed by atoms with E-state index in [9.17, 15) is 14.4 Å². The quantitative estimate of drug-likeness (QED) is 0.585. The van der Waals surface area contributed by atoms with Crippen molar-refractivity contribution in [3.63, 3.8) is 0 Å². The molecule has 1 aliphatic rings. The van der Waals surface area contributed by atoms with Crippen LogP contribution in [0, 0.1) is 11.8 Å². The number of aromatic amines is 1. The van der Waals surface area contributed by atoms with E-state index in [0.717, 1.165) is 12.8 Å². The molecule has 2 aromatic rings. The molecular weight excluding hydrogens is 429 g/mol. The molecule has 3 rings (SSSR count). The van der Waals surface area contributed by atoms with Gasteiger partial charge in [-0.15, -0.1) is 24.8 Å². The van der Waals surface area contributed by atoms with Crippen LogP contribution in [0.2, 0.25) is 0 Å². The lowest BCUT2D eigenvalue weighted by atomic mass is 10.0. The standard InChI is InChI=1S/C20H29N5O3.2ClH/c1-10(2)9-25-17-16(19(27)24-20(25)28)13(7-14(22-17)11(3)4)18(26)23-15(8-21)12-5-6-12;;/h7,10-12,15H,5-6,8-9,21H2,1-4H3,(H,23,26)(H,24,27,28);2*1H. The minimum atomic E-state index is -0.594. The van der Waals surface area contributed by atoms with Crippen LogP contribution >= 0.6 is 24.8 Å². The number of carbonyl (C=O) groups excluding carboxylic acids is 1. The molecule has 168 valence electrons. The minimum Gasteiger partial charge on any atom is -0.348 e. The molecule has 0 saturated heterocycles. The summed E-state index contributed by atoms with van der Waals surface area (Å²) < 4.78 is 1.45. The fourth-order valence-electron chi connectivity index (χ4n) is 3.42. The molecule has 10 heteroatoms. The topological polar surface area (TPSA) is 123 Å². The highest BCUT2D eigenvalue weighted by molar-refractivity contribution is 6.05. The molecule has 1 fully saturated rings. The predicted octanol–water partition coefficient (Wildman–Crippen LogP) is 2.17. The van der Waals surface area contributed by atoms with Gasteiger partial charge in [-0.05, 0) is 36.7 Å². The van der Waals surface area contributed by atoms with E-state index in [1.54, 1.807) is 6.07 Å². The first-order valence-electron chi connectivity index (χ1n) is 9.91. The van der Waals surface area contributed by atoms with Gasteiger partial charge in [0.15, 0.2) is 5.65 Å². The Morgan fingerprint density at radius 1 is 1.27 bits per heavy atom. The number of rotatable bonds is 7. The fraction of sp³-hybridized carbons (Fsp3) is 0.600. The maximum Gasteiger partial charge on any atom is 0.330 e. The highest BCUT2D eigenvalue weighted by atomic mass is 35.5. The molecule has 30 heavy (non-hydrogen) atoms. The Morgan fingerprint density at radius 3 is 2.40 bits per heavy atom. The molecule has 1 aliphatic carbocycles. The van der Waals surface area contributed by atoms with Crippen molar-refractivity contribution in [2.75, 3.05) is 6.54 Å². The summed E-state index contributed by atoms with van der Waals surface area (Å²) in [6, 6.07) is 1.54. The van der Waals surface area contributed by atoms with Gasteiger partial charge in [0, 0.05) is 24.8 Å². The summed E-state index contributed by atoms with van der Waals surface area (Å²) in [6.45, 7) is 8.62. The van der Waals surface area contributed by atoms with Crippen LogP contribution in [-0.2, 0) is 6.54 Å². The van der Waals surface area contributed by atoms with Gasteiger partial charge in [-0.2, -0.15) is 0 Å². The van der Waals surface area contributed by atoms with Crippen molar-refractivity contribution in [1.29, 1.82) is 0 Å². The normalized spacial score (nSPS) is 14.4. The Morgan fingerprint density at radius 2 is 1.90 bits per heavy atom. The van der Waals surface area contributed by atoms with Gasteiger partial charge >= 0.3 is 5.69 Å². The molecule has 2 aromatic heterocycles. The van der Waals surface area contributed by atoms with E-state index in [1.165, 1.54) is 4.57 Å². The first-order chi connectivity index (χ1) is 13.2. The van der Waals surface area contributed by atoms with Crippen molar-refractivity contribution in [2.45, 2.75) is 59.0 Å². The number of nitrogens with zero attached hydrogens (tertiary/aromatic N) is 2. The van der Waals surface area contributed by atoms with Crippen molar-refractivity contribution in [3.8, 4) is 0 Å². The monoisotopic (exact) mass is 459 g/mol. The number of halogens is 2. The van der Waals surface area contributed by atoms with E-state index in [-0.39, 0.29) is 65.2 Å². The van der Waals surface area contributed by atoms with Crippen LogP contribution in [0.4, 0.5) is 0 Å². The van der Waals surface area contributed by atoms with Gasteiger partial charge in [0.2, 0.25) is 0 Å². The molecule has 0 radical (unpaired) electrons. The molecule has 8 nitrogen and oxygen atoms in total. The van der Waals surface area contributed by atoms with Crippen molar-refractivity contribution in [3.05, 3.63) is 38.2 Å². The first-order valence-corrected chi connectivity index (χ1v) is 9.91. The van der Waals surface area contributed by atoms with Crippen LogP contribution in [0.25, 0.3) is 11.0 Å². The van der Waals surface area contributed by atoms with Crippen molar-refractivity contribution < 1.29 is 4.79 Å². The van der Waals surface area contributed by atoms with Crippen LogP contribution in [0.15, 0.2) is 15.7 Å². The number of pyridine rings is 1. The molecule has 1 unspecified atom stereocenters. The second-order valence-electron chi connectivity index (χ2n) is 8.36. The first kappa shape index (κ1) is 26.1. The third-order valence-electron chi connectivity index (χ3n) is 5.11. The third kappa shape index (κ3) is 5.42. The average Bonchev–Trinajstić information content (AvgIpc) is 3.46. The molecule has 1 atom stereocenters. The van der Waals surface area contributed by atoms with Crippen LogP contribution in [-0.4, -0.2) is 33.0 Å². The highest BCUT2D eigenvalue weighted by Crippen LogP contribution is 2.32. The molecular formula is C20H31Cl2N5O3. The van der Waals surface area contributed by atoms with Crippen LogP contribution < -0.4 is 22.3 Å². The molecule has 0 aromatic carbocycles. The van der Waals surface area contributed by atoms with Crippen molar-refractivity contribution in [2.24, 2.45) is 17.6 Å². The van der Waals surface area contributed by atoms with Gasteiger partial charge in [-0.25, -0.2) is 9.78 Å². The number of hydrogen-bond donors (Lipinski definition) is 3. The van der Waals surface area contributed by atoms with Gasteiger partial charge in [0.1, 0.15) is 0 Å². The number of H-pyrrole nitrogens is 1. The van der Waals surface area contributed by atoms with Gasteiger partial charge < -0.3 is 11.1 Å². The molecule has 0 bridgehead atoms. The summed E-state index contributed by atoms with van der Waals surface area (Å²) >= 11 is 0. The Kier molecular flexibility index (Phi) is 9.07. The summed E-state index contributed by atoms with van der Waals surface area (Å²) in [5.74, 6) is 0.248. The average molecular weight is 460 g/mol. The summed E-state index contributed by atoms with van der Waals surface area (Å²) in [5.41, 5.74) is 5.88. The smallest absolute Gasteiger partial charge is 0.330 e. The SMILES string of the molecule is CC(C)Cn1c(=O)[nH]c(=O)c2c(C(=O)NC(CN)C3CC3)cc(C(C)C)nc21.Cl.Cl. The molecule has 0 spiro atoms. The zero-order chi connectivity index (χ0) is 20.6. The molecule has 0 aliphatic heterocycles. The van der Waals surface area contributed by atoms with E-state index in [1.807, 2.05) is 27.7 Å². The van der Waals surface area contributed by atoms with Gasteiger partial charge in [0.25, 0.3) is 11.5 Å². The molecule has 1 saturated carbocycles. The van der Waals surface area contributed by atoms with E-state index in [2.05, 4.69) is 15.3 Å². The summed E-state index contributed by atoms with van der Waals surface area (Å²) in [6.07, 6.45) is 2.09. The maximum absolute atomic E-state index is 13.1. The fourth-order valence-corrected chi connectivity index (χ4v) is 3.42. The van der Waals surface area contributed by atoms with E-state index in [0.29, 0.717) is 24.7 Å². The number of hydrogen-bond acceptors (Lipinski definition) is 5. The number of amides is 1. The number of aromatic nitrogens is 3. The van der Waals surface area contributed by atoms with Crippen molar-refractivity contribution >= 4 is 41.8 Å². The lowest BCUT2D eigenvalue weighted by molar-refractivity contribution is 0.0935. The lowest BCUT2D eigenvalue weighted by Crippen LogP contribution is -2.42. The number of carbonyl (C=O) groups is 1. The lowest BCUT2D eigenvalue weighted by Gasteiger charge is -2.19. The number of fused-ring (bicyclic) bond motifs is 1. The number of nitrogens with one attached hydrogen (secondary N) is 2. The maximum atomic E-state index is 13.1. The van der Waals surface area contributed by atoms with Crippen LogP contribution in [0.5, 0.6) is 0 Å². The largest absolute Gasteiger partial charge is 0.348 e. The Hall–Kier alpha value is -1.90. The Bertz CT molecular complexity index is 1010. The zero-order valence-electron chi connectivity index (χ0n) is 17.7. The molecule has 2 heterocycles. The zero-order valence-corrected chi connectivity index (χ0v) is 19.4. The summed E-state index contributed by atoms with van der Waals surface area (Å²) in [7, 11) is 0. The number of nitrogens with two attached hydrogens (primary N) is 1. The second-order valence-corrected chi connectivity index (χ2v) is 8.36.